The Bertz CT molecular complexity index is 917. The maximum Gasteiger partial charge on any atom is 0.250 e. The molecule has 0 spiro atoms. The Morgan fingerprint density at radius 2 is 1.81 bits per heavy atom. The first-order valence-corrected chi connectivity index (χ1v) is 8.77. The van der Waals surface area contributed by atoms with E-state index in [1.165, 1.54) is 5.39 Å². The Balaban J connectivity index is 1.37. The average molecular weight is 347 g/mol. The average Bonchev–Trinajstić information content (AvgIpc) is 2.68. The smallest absolute Gasteiger partial charge is 0.250 e. The van der Waals surface area contributed by atoms with E-state index in [1.54, 1.807) is 12.3 Å². The summed E-state index contributed by atoms with van der Waals surface area (Å²) in [4.78, 5) is 24.9. The van der Waals surface area contributed by atoms with E-state index < -0.39 is 5.91 Å². The minimum Gasteiger partial charge on any atom is -0.366 e. The van der Waals surface area contributed by atoms with Crippen LogP contribution in [0.3, 0.4) is 0 Å². The number of hydrogen-bond donors (Lipinski definition) is 1. The maximum atomic E-state index is 11.1. The number of anilines is 1. The van der Waals surface area contributed by atoms with Gasteiger partial charge in [-0.1, -0.05) is 24.3 Å². The van der Waals surface area contributed by atoms with Crippen LogP contribution in [0.25, 0.3) is 10.9 Å². The van der Waals surface area contributed by atoms with Crippen molar-refractivity contribution in [2.45, 2.75) is 6.54 Å². The minimum absolute atomic E-state index is 0.440. The number of para-hydroxylation sites is 1. The third-order valence-corrected chi connectivity index (χ3v) is 4.77. The van der Waals surface area contributed by atoms with Crippen molar-refractivity contribution in [1.29, 1.82) is 0 Å². The van der Waals surface area contributed by atoms with Crippen molar-refractivity contribution in [3.63, 3.8) is 0 Å². The van der Waals surface area contributed by atoms with Gasteiger partial charge in [0.1, 0.15) is 5.82 Å². The number of amides is 1. The van der Waals surface area contributed by atoms with Crippen molar-refractivity contribution < 1.29 is 4.79 Å². The lowest BCUT2D eigenvalue weighted by molar-refractivity contribution is 0.1000. The van der Waals surface area contributed by atoms with Crippen LogP contribution in [-0.4, -0.2) is 47.0 Å². The van der Waals surface area contributed by atoms with E-state index in [0.717, 1.165) is 49.8 Å². The fraction of sp³-hybridized carbons (Fsp3) is 0.250. The molecule has 0 bridgehead atoms. The van der Waals surface area contributed by atoms with E-state index in [2.05, 4.69) is 39.0 Å². The Kier molecular flexibility index (Phi) is 4.50. The van der Waals surface area contributed by atoms with E-state index in [1.807, 2.05) is 18.2 Å². The third kappa shape index (κ3) is 3.50. The minimum atomic E-state index is -0.447. The standard InChI is InChI=1S/C20H21N5O/c21-20(26)16-6-8-19(22-13-16)25-11-9-24(10-12-25)14-17-7-5-15-3-1-2-4-18(15)23-17/h1-8,13H,9-12,14H2,(H2,21,26). The van der Waals surface area contributed by atoms with Crippen LogP contribution >= 0.6 is 0 Å². The molecule has 1 aliphatic rings. The monoisotopic (exact) mass is 347 g/mol. The molecular weight excluding hydrogens is 326 g/mol. The number of primary amides is 1. The van der Waals surface area contributed by atoms with Gasteiger partial charge in [0.15, 0.2) is 0 Å². The van der Waals surface area contributed by atoms with Gasteiger partial charge in [0.2, 0.25) is 5.91 Å². The normalized spacial score (nSPS) is 15.3. The van der Waals surface area contributed by atoms with E-state index in [9.17, 15) is 4.79 Å². The Morgan fingerprint density at radius 1 is 1.00 bits per heavy atom. The van der Waals surface area contributed by atoms with Crippen LogP contribution in [0.5, 0.6) is 0 Å². The number of nitrogens with two attached hydrogens (primary N) is 1. The molecule has 1 aromatic carbocycles. The van der Waals surface area contributed by atoms with Gasteiger partial charge >= 0.3 is 0 Å². The largest absolute Gasteiger partial charge is 0.366 e. The van der Waals surface area contributed by atoms with Crippen molar-refractivity contribution in [2.75, 3.05) is 31.1 Å². The maximum absolute atomic E-state index is 11.1. The van der Waals surface area contributed by atoms with Crippen LogP contribution < -0.4 is 10.6 Å². The van der Waals surface area contributed by atoms with Gasteiger partial charge in [-0.15, -0.1) is 0 Å². The highest BCUT2D eigenvalue weighted by atomic mass is 16.1. The molecule has 3 aromatic rings. The van der Waals surface area contributed by atoms with E-state index in [0.29, 0.717) is 5.56 Å². The van der Waals surface area contributed by atoms with Crippen LogP contribution in [0.4, 0.5) is 5.82 Å². The SMILES string of the molecule is NC(=O)c1ccc(N2CCN(Cc3ccc4ccccc4n3)CC2)nc1. The van der Waals surface area contributed by atoms with Crippen LogP contribution in [-0.2, 0) is 6.54 Å². The van der Waals surface area contributed by atoms with Gasteiger partial charge in [-0.05, 0) is 24.3 Å². The lowest BCUT2D eigenvalue weighted by Crippen LogP contribution is -2.46. The van der Waals surface area contributed by atoms with Crippen molar-refractivity contribution in [2.24, 2.45) is 5.73 Å². The number of carbonyl (C=O) groups is 1. The Morgan fingerprint density at radius 3 is 2.54 bits per heavy atom. The second-order valence-corrected chi connectivity index (χ2v) is 6.53. The zero-order valence-electron chi connectivity index (χ0n) is 14.5. The molecule has 6 heteroatoms. The molecule has 3 heterocycles. The molecule has 132 valence electrons. The highest BCUT2D eigenvalue weighted by Crippen LogP contribution is 2.17. The lowest BCUT2D eigenvalue weighted by Gasteiger charge is -2.35. The molecular formula is C20H21N5O. The first-order chi connectivity index (χ1) is 12.7. The molecule has 2 N–H and O–H groups in total. The Labute approximate surface area is 152 Å². The van der Waals surface area contributed by atoms with E-state index in [-0.39, 0.29) is 0 Å². The molecule has 0 atom stereocenters. The molecule has 1 saturated heterocycles. The van der Waals surface area contributed by atoms with Gasteiger partial charge in [0.25, 0.3) is 0 Å². The topological polar surface area (TPSA) is 75.4 Å². The zero-order valence-corrected chi connectivity index (χ0v) is 14.5. The summed E-state index contributed by atoms with van der Waals surface area (Å²) in [5, 5.41) is 1.17. The van der Waals surface area contributed by atoms with Crippen molar-refractivity contribution >= 4 is 22.6 Å². The number of fused-ring (bicyclic) bond motifs is 1. The van der Waals surface area contributed by atoms with Crippen LogP contribution in [0.1, 0.15) is 16.1 Å². The molecule has 1 aliphatic heterocycles. The summed E-state index contributed by atoms with van der Waals surface area (Å²) in [5.41, 5.74) is 7.84. The Hall–Kier alpha value is -2.99. The first-order valence-electron chi connectivity index (χ1n) is 8.77. The molecule has 6 nitrogen and oxygen atoms in total. The lowest BCUT2D eigenvalue weighted by atomic mass is 10.2. The van der Waals surface area contributed by atoms with E-state index in [4.69, 9.17) is 10.7 Å². The molecule has 1 amide bonds. The predicted molar refractivity (Wildman–Crippen MR) is 102 cm³/mol. The second kappa shape index (κ2) is 7.09. The predicted octanol–water partition coefficient (Wildman–Crippen LogP) is 2.05. The highest BCUT2D eigenvalue weighted by Gasteiger charge is 2.18. The fourth-order valence-electron chi connectivity index (χ4n) is 3.28. The summed E-state index contributed by atoms with van der Waals surface area (Å²) in [6.07, 6.45) is 1.54. The highest BCUT2D eigenvalue weighted by molar-refractivity contribution is 5.92. The summed E-state index contributed by atoms with van der Waals surface area (Å²) in [6, 6.07) is 16.0. The molecule has 0 saturated carbocycles. The van der Waals surface area contributed by atoms with Gasteiger partial charge in [-0.2, -0.15) is 0 Å². The number of aromatic nitrogens is 2. The van der Waals surface area contributed by atoms with E-state index >= 15 is 0 Å². The summed E-state index contributed by atoms with van der Waals surface area (Å²) in [6.45, 7) is 4.56. The summed E-state index contributed by atoms with van der Waals surface area (Å²) < 4.78 is 0. The van der Waals surface area contributed by atoms with Crippen molar-refractivity contribution in [3.05, 3.63) is 66.0 Å². The van der Waals surface area contributed by atoms with Crippen molar-refractivity contribution in [3.8, 4) is 0 Å². The molecule has 26 heavy (non-hydrogen) atoms. The van der Waals surface area contributed by atoms with Gasteiger partial charge in [0.05, 0.1) is 16.8 Å². The quantitative estimate of drug-likeness (QED) is 0.782. The number of benzene rings is 1. The number of pyridine rings is 2. The van der Waals surface area contributed by atoms with Crippen LogP contribution in [0.2, 0.25) is 0 Å². The van der Waals surface area contributed by atoms with Gasteiger partial charge < -0.3 is 10.6 Å². The van der Waals surface area contributed by atoms with Crippen molar-refractivity contribution in [1.82, 2.24) is 14.9 Å². The summed E-state index contributed by atoms with van der Waals surface area (Å²) in [5.74, 6) is 0.440. The number of nitrogens with zero attached hydrogens (tertiary/aromatic N) is 4. The number of carbonyl (C=O) groups excluding carboxylic acids is 1. The zero-order chi connectivity index (χ0) is 17.9. The molecule has 0 radical (unpaired) electrons. The second-order valence-electron chi connectivity index (χ2n) is 6.53. The number of rotatable bonds is 4. The third-order valence-electron chi connectivity index (χ3n) is 4.77. The molecule has 1 fully saturated rings. The van der Waals surface area contributed by atoms with Crippen LogP contribution in [0, 0.1) is 0 Å². The number of piperazine rings is 1. The van der Waals surface area contributed by atoms with Gasteiger partial charge in [-0.3, -0.25) is 14.7 Å². The molecule has 2 aromatic heterocycles. The summed E-state index contributed by atoms with van der Waals surface area (Å²) >= 11 is 0. The molecule has 4 rings (SSSR count). The number of hydrogen-bond acceptors (Lipinski definition) is 5. The van der Waals surface area contributed by atoms with Crippen LogP contribution in [0.15, 0.2) is 54.7 Å². The fourth-order valence-corrected chi connectivity index (χ4v) is 3.28. The van der Waals surface area contributed by atoms with Gasteiger partial charge in [0, 0.05) is 44.3 Å². The first kappa shape index (κ1) is 16.5. The summed E-state index contributed by atoms with van der Waals surface area (Å²) in [7, 11) is 0. The molecule has 0 aliphatic carbocycles. The van der Waals surface area contributed by atoms with Gasteiger partial charge in [-0.25, -0.2) is 4.98 Å². The molecule has 0 unspecified atom stereocenters.